The lowest BCUT2D eigenvalue weighted by Gasteiger charge is -2.21. The van der Waals surface area contributed by atoms with E-state index in [4.69, 9.17) is 9.29 Å². The Labute approximate surface area is 212 Å². The van der Waals surface area contributed by atoms with Crippen LogP contribution in [0.15, 0.2) is 58.5 Å². The van der Waals surface area contributed by atoms with E-state index in [2.05, 4.69) is 4.57 Å². The zero-order chi connectivity index (χ0) is 26.1. The lowest BCUT2D eigenvalue weighted by molar-refractivity contribution is -0.669. The largest absolute Gasteiger partial charge is 0.497 e. The van der Waals surface area contributed by atoms with Crippen molar-refractivity contribution in [3.63, 3.8) is 0 Å². The maximum absolute atomic E-state index is 13.4. The number of fused-ring (bicyclic) bond motifs is 2. The number of ether oxygens (including phenoxy) is 1. The van der Waals surface area contributed by atoms with Crippen molar-refractivity contribution in [2.75, 3.05) is 24.3 Å². The van der Waals surface area contributed by atoms with Crippen molar-refractivity contribution in [3.8, 4) is 5.75 Å². The number of rotatable bonds is 8. The van der Waals surface area contributed by atoms with E-state index in [0.29, 0.717) is 30.1 Å². The predicted molar refractivity (Wildman–Crippen MR) is 135 cm³/mol. The van der Waals surface area contributed by atoms with Crippen LogP contribution >= 0.6 is 11.8 Å². The average molecular weight is 540 g/mol. The maximum atomic E-state index is 13.4. The van der Waals surface area contributed by atoms with E-state index in [-0.39, 0.29) is 6.42 Å². The molecule has 1 N–H and O–H groups in total. The number of alkyl halides is 3. The number of aromatic nitrogens is 1. The number of hydrogen-bond acceptors (Lipinski definition) is 5. The molecule has 0 atom stereocenters. The van der Waals surface area contributed by atoms with Crippen LogP contribution in [0.2, 0.25) is 0 Å². The van der Waals surface area contributed by atoms with Gasteiger partial charge in [-0.3, -0.25) is 4.55 Å². The highest BCUT2D eigenvalue weighted by molar-refractivity contribution is 8.03. The SMILES string of the molecule is CC[n+]1c(/C=C2/Sc3ccc(C(F)(F)F)cc3N2CCCCS(=O)(=O)O)ccc2cc(OC)ccc21. The quantitative estimate of drug-likeness (QED) is 0.223. The number of benzene rings is 2. The van der Waals surface area contributed by atoms with Gasteiger partial charge in [-0.1, -0.05) is 11.8 Å². The molecule has 0 aliphatic carbocycles. The van der Waals surface area contributed by atoms with Gasteiger partial charge in [0.15, 0.2) is 0 Å². The minimum absolute atomic E-state index is 0.189. The van der Waals surface area contributed by atoms with Crippen LogP contribution in [0.3, 0.4) is 0 Å². The normalized spacial score (nSPS) is 15.1. The third kappa shape index (κ3) is 5.79. The third-order valence-corrected chi connectivity index (χ3v) is 7.87. The molecule has 2 heterocycles. The topological polar surface area (TPSA) is 70.7 Å². The summed E-state index contributed by atoms with van der Waals surface area (Å²) >= 11 is 1.37. The molecule has 0 spiro atoms. The van der Waals surface area contributed by atoms with E-state index >= 15 is 0 Å². The van der Waals surface area contributed by atoms with Crippen LogP contribution in [0, 0.1) is 0 Å². The number of nitrogens with zero attached hydrogens (tertiary/aromatic N) is 2. The fourth-order valence-electron chi connectivity index (χ4n) is 4.22. The molecule has 0 bridgehead atoms. The molecule has 1 aliphatic rings. The van der Waals surface area contributed by atoms with Crippen LogP contribution in [0.5, 0.6) is 5.75 Å². The molecule has 192 valence electrons. The molecular formula is C25H26F3N2O4S2+. The number of aryl methyl sites for hydroxylation is 1. The van der Waals surface area contributed by atoms with Crippen LogP contribution < -0.4 is 14.2 Å². The van der Waals surface area contributed by atoms with E-state index in [9.17, 15) is 21.6 Å². The van der Waals surface area contributed by atoms with Crippen LogP contribution in [0.4, 0.5) is 18.9 Å². The Kier molecular flexibility index (Phi) is 7.53. The third-order valence-electron chi connectivity index (χ3n) is 5.95. The van der Waals surface area contributed by atoms with Gasteiger partial charge in [0.25, 0.3) is 10.1 Å². The molecule has 0 fully saturated rings. The van der Waals surface area contributed by atoms with Gasteiger partial charge in [0, 0.05) is 29.6 Å². The summed E-state index contributed by atoms with van der Waals surface area (Å²) < 4.78 is 78.9. The van der Waals surface area contributed by atoms with E-state index in [1.165, 1.54) is 17.8 Å². The first-order chi connectivity index (χ1) is 17.0. The number of hydrogen-bond donors (Lipinski definition) is 1. The highest BCUT2D eigenvalue weighted by Crippen LogP contribution is 2.48. The van der Waals surface area contributed by atoms with Gasteiger partial charge in [0.2, 0.25) is 11.2 Å². The smallest absolute Gasteiger partial charge is 0.416 e. The van der Waals surface area contributed by atoms with Gasteiger partial charge in [0.1, 0.15) is 12.3 Å². The lowest BCUT2D eigenvalue weighted by Crippen LogP contribution is -2.37. The molecule has 1 aromatic heterocycles. The molecule has 0 amide bonds. The van der Waals surface area contributed by atoms with Crippen LogP contribution in [-0.2, 0) is 22.8 Å². The molecule has 3 aromatic rings. The van der Waals surface area contributed by atoms with Crippen LogP contribution in [-0.4, -0.2) is 32.4 Å². The second kappa shape index (κ2) is 10.3. The second-order valence-electron chi connectivity index (χ2n) is 8.34. The zero-order valence-electron chi connectivity index (χ0n) is 19.7. The summed E-state index contributed by atoms with van der Waals surface area (Å²) in [6.45, 7) is 3.00. The summed E-state index contributed by atoms with van der Waals surface area (Å²) in [5.41, 5.74) is 1.56. The molecule has 11 heteroatoms. The summed E-state index contributed by atoms with van der Waals surface area (Å²) in [5, 5.41) is 1.74. The van der Waals surface area contributed by atoms with Gasteiger partial charge in [-0.05, 0) is 56.2 Å². The Morgan fingerprint density at radius 3 is 2.56 bits per heavy atom. The Balaban J connectivity index is 1.73. The highest BCUT2D eigenvalue weighted by Gasteiger charge is 2.34. The van der Waals surface area contributed by atoms with E-state index < -0.39 is 27.6 Å². The Morgan fingerprint density at radius 2 is 1.89 bits per heavy atom. The fraction of sp³-hybridized carbons (Fsp3) is 0.320. The second-order valence-corrected chi connectivity index (χ2v) is 11.0. The van der Waals surface area contributed by atoms with Gasteiger partial charge in [-0.15, -0.1) is 0 Å². The number of methoxy groups -OCH3 is 1. The number of thioether (sulfide) groups is 1. The summed E-state index contributed by atoms with van der Waals surface area (Å²) in [7, 11) is -2.49. The van der Waals surface area contributed by atoms with E-state index in [1.54, 1.807) is 12.0 Å². The first-order valence-electron chi connectivity index (χ1n) is 11.3. The molecule has 1 aliphatic heterocycles. The molecule has 0 unspecified atom stereocenters. The molecule has 4 rings (SSSR count). The molecule has 36 heavy (non-hydrogen) atoms. The number of anilines is 1. The summed E-state index contributed by atoms with van der Waals surface area (Å²) in [6, 6.07) is 13.4. The fourth-order valence-corrected chi connectivity index (χ4v) is 5.90. The van der Waals surface area contributed by atoms with Gasteiger partial charge < -0.3 is 9.64 Å². The number of halogens is 3. The Morgan fingerprint density at radius 1 is 1.11 bits per heavy atom. The molecule has 0 saturated carbocycles. The van der Waals surface area contributed by atoms with Crippen molar-refractivity contribution in [1.82, 2.24) is 0 Å². The highest BCUT2D eigenvalue weighted by atomic mass is 32.2. The summed E-state index contributed by atoms with van der Waals surface area (Å²) in [6.07, 6.45) is -1.98. The van der Waals surface area contributed by atoms with Crippen molar-refractivity contribution in [3.05, 3.63) is 64.8 Å². The Bertz CT molecular complexity index is 1420. The standard InChI is InChI=1S/C25H25F3N2O4S2/c1-3-29-19(8-6-17-14-20(34-2)9-10-21(17)29)16-24-30(12-4-5-13-36(31,32)33)22-15-18(25(26,27)28)7-11-23(22)35-24/h6-11,14-16H,3-5,12-13H2,1-2H3/p+1. The van der Waals surface area contributed by atoms with Gasteiger partial charge in [0.05, 0.1) is 34.5 Å². The van der Waals surface area contributed by atoms with Gasteiger partial charge in [-0.25, -0.2) is 0 Å². The summed E-state index contributed by atoms with van der Waals surface area (Å²) in [5.74, 6) is 0.349. The minimum Gasteiger partial charge on any atom is -0.497 e. The summed E-state index contributed by atoms with van der Waals surface area (Å²) in [4.78, 5) is 2.48. The lowest BCUT2D eigenvalue weighted by atomic mass is 10.1. The van der Waals surface area contributed by atoms with Crippen molar-refractivity contribution in [2.45, 2.75) is 37.4 Å². The first-order valence-corrected chi connectivity index (χ1v) is 13.8. The predicted octanol–water partition coefficient (Wildman–Crippen LogP) is 5.75. The van der Waals surface area contributed by atoms with Crippen molar-refractivity contribution >= 4 is 44.5 Å². The van der Waals surface area contributed by atoms with Crippen LogP contribution in [0.1, 0.15) is 31.0 Å². The first kappa shape index (κ1) is 26.3. The Hall–Kier alpha value is -2.76. The molecular weight excluding hydrogens is 513 g/mol. The van der Waals surface area contributed by atoms with Gasteiger partial charge >= 0.3 is 6.18 Å². The van der Waals surface area contributed by atoms with E-state index in [1.807, 2.05) is 43.3 Å². The monoisotopic (exact) mass is 539 g/mol. The van der Waals surface area contributed by atoms with Gasteiger partial charge in [-0.2, -0.15) is 26.2 Å². The average Bonchev–Trinajstić information content (AvgIpc) is 3.16. The molecule has 0 radical (unpaired) electrons. The van der Waals surface area contributed by atoms with E-state index in [0.717, 1.165) is 39.5 Å². The number of unbranched alkanes of at least 4 members (excludes halogenated alkanes) is 1. The molecule has 2 aromatic carbocycles. The zero-order valence-corrected chi connectivity index (χ0v) is 21.4. The molecule has 6 nitrogen and oxygen atoms in total. The van der Waals surface area contributed by atoms with Crippen molar-refractivity contribution < 1.29 is 35.4 Å². The minimum atomic E-state index is -4.48. The molecule has 0 saturated heterocycles. The maximum Gasteiger partial charge on any atom is 0.416 e. The van der Waals surface area contributed by atoms with Crippen molar-refractivity contribution in [2.24, 2.45) is 0 Å². The van der Waals surface area contributed by atoms with Crippen LogP contribution in [0.25, 0.3) is 17.0 Å². The van der Waals surface area contributed by atoms with Crippen molar-refractivity contribution in [1.29, 1.82) is 0 Å². The number of pyridine rings is 1.